The van der Waals surface area contributed by atoms with Gasteiger partial charge in [-0.2, -0.15) is 0 Å². The summed E-state index contributed by atoms with van der Waals surface area (Å²) in [5, 5.41) is 0.641. The van der Waals surface area contributed by atoms with Gasteiger partial charge in [0.2, 0.25) is 5.95 Å². The molecule has 2 aromatic carbocycles. The maximum Gasteiger partial charge on any atom is 0.494 e. The van der Waals surface area contributed by atoms with Crippen LogP contribution in [-0.4, -0.2) is 39.1 Å². The van der Waals surface area contributed by atoms with Gasteiger partial charge in [0.15, 0.2) is 0 Å². The first-order chi connectivity index (χ1) is 14.6. The first kappa shape index (κ1) is 20.0. The molecule has 158 valence electrons. The van der Waals surface area contributed by atoms with E-state index in [0.29, 0.717) is 29.7 Å². The lowest BCUT2D eigenvalue weighted by atomic mass is 9.78. The molecule has 3 aromatic rings. The molecule has 0 radical (unpaired) electrons. The summed E-state index contributed by atoms with van der Waals surface area (Å²) in [6.45, 7) is 9.15. The Morgan fingerprint density at radius 3 is 2.23 bits per heavy atom. The van der Waals surface area contributed by atoms with Gasteiger partial charge in [-0.15, -0.1) is 0 Å². The highest BCUT2D eigenvalue weighted by molar-refractivity contribution is 6.62. The second-order valence-corrected chi connectivity index (χ2v) is 9.23. The minimum absolute atomic E-state index is 0.0796. The second kappa shape index (κ2) is 6.77. The van der Waals surface area contributed by atoms with Crippen LogP contribution in [0.15, 0.2) is 42.5 Å². The minimum atomic E-state index is -0.536. The highest BCUT2D eigenvalue weighted by Gasteiger charge is 2.51. The summed E-state index contributed by atoms with van der Waals surface area (Å²) in [6.07, 6.45) is 0. The van der Waals surface area contributed by atoms with Gasteiger partial charge in [0.05, 0.1) is 16.7 Å². The summed E-state index contributed by atoms with van der Waals surface area (Å²) in [5.74, 6) is -0.0858. The summed E-state index contributed by atoms with van der Waals surface area (Å²) in [5.41, 5.74) is 9.07. The summed E-state index contributed by atoms with van der Waals surface area (Å²) in [7, 11) is -0.536. The lowest BCUT2D eigenvalue weighted by Crippen LogP contribution is -2.41. The van der Waals surface area contributed by atoms with E-state index in [2.05, 4.69) is 9.97 Å². The van der Waals surface area contributed by atoms with Gasteiger partial charge >= 0.3 is 7.12 Å². The predicted octanol–water partition coefficient (Wildman–Crippen LogP) is 2.67. The molecule has 7 nitrogen and oxygen atoms in total. The summed E-state index contributed by atoms with van der Waals surface area (Å²) >= 11 is 0. The predicted molar refractivity (Wildman–Crippen MR) is 120 cm³/mol. The van der Waals surface area contributed by atoms with Crippen molar-refractivity contribution in [2.75, 3.05) is 5.73 Å². The molecule has 1 fully saturated rings. The highest BCUT2D eigenvalue weighted by Crippen LogP contribution is 2.36. The van der Waals surface area contributed by atoms with Crippen molar-refractivity contribution in [1.29, 1.82) is 0 Å². The van der Waals surface area contributed by atoms with Crippen LogP contribution in [0.25, 0.3) is 10.9 Å². The molecule has 0 aliphatic carbocycles. The molecule has 2 aliphatic heterocycles. The van der Waals surface area contributed by atoms with Gasteiger partial charge in [0, 0.05) is 18.5 Å². The Balaban J connectivity index is 1.53. The van der Waals surface area contributed by atoms with Crippen molar-refractivity contribution in [3.8, 4) is 0 Å². The number of aromatic nitrogens is 2. The van der Waals surface area contributed by atoms with Gasteiger partial charge in [-0.05, 0) is 50.4 Å². The molecule has 2 aliphatic rings. The number of nitrogens with two attached hydrogens (primary N) is 1. The first-order valence-electron chi connectivity index (χ1n) is 10.4. The third kappa shape index (κ3) is 3.27. The average molecular weight is 416 g/mol. The molecule has 0 atom stereocenters. The Morgan fingerprint density at radius 2 is 1.61 bits per heavy atom. The molecule has 1 amide bonds. The van der Waals surface area contributed by atoms with Crippen LogP contribution in [0.5, 0.6) is 0 Å². The number of nitrogens with zero attached hydrogens (tertiary/aromatic N) is 3. The lowest BCUT2D eigenvalue weighted by Gasteiger charge is -2.32. The zero-order chi connectivity index (χ0) is 22.0. The largest absolute Gasteiger partial charge is 0.494 e. The zero-order valence-corrected chi connectivity index (χ0v) is 18.2. The quantitative estimate of drug-likeness (QED) is 0.646. The summed E-state index contributed by atoms with van der Waals surface area (Å²) < 4.78 is 12.4. The first-order valence-corrected chi connectivity index (χ1v) is 10.4. The molecule has 0 saturated carbocycles. The van der Waals surface area contributed by atoms with Crippen LogP contribution in [0.1, 0.15) is 49.3 Å². The molecule has 8 heteroatoms. The fourth-order valence-electron chi connectivity index (χ4n) is 4.08. The van der Waals surface area contributed by atoms with E-state index in [4.69, 9.17) is 15.0 Å². The van der Waals surface area contributed by atoms with Crippen molar-refractivity contribution < 1.29 is 14.1 Å². The van der Waals surface area contributed by atoms with Crippen LogP contribution in [0.3, 0.4) is 0 Å². The van der Waals surface area contributed by atoms with E-state index in [1.165, 1.54) is 0 Å². The third-order valence-electron chi connectivity index (χ3n) is 6.59. The summed E-state index contributed by atoms with van der Waals surface area (Å²) in [4.78, 5) is 23.9. The molecule has 0 unspecified atom stereocenters. The number of anilines is 1. The molecule has 5 rings (SSSR count). The normalized spacial score (nSPS) is 19.1. The number of hydrogen-bond donors (Lipinski definition) is 1. The number of fused-ring (bicyclic) bond motifs is 2. The van der Waals surface area contributed by atoms with Gasteiger partial charge in [-0.25, -0.2) is 9.97 Å². The highest BCUT2D eigenvalue weighted by atomic mass is 16.7. The second-order valence-electron chi connectivity index (χ2n) is 9.23. The van der Waals surface area contributed by atoms with Gasteiger partial charge < -0.3 is 19.9 Å². The summed E-state index contributed by atoms with van der Waals surface area (Å²) in [6, 6.07) is 13.7. The molecule has 31 heavy (non-hydrogen) atoms. The Kier molecular flexibility index (Phi) is 4.36. The number of carbonyl (C=O) groups excluding carboxylic acids is 1. The van der Waals surface area contributed by atoms with Gasteiger partial charge in [-0.3, -0.25) is 4.79 Å². The van der Waals surface area contributed by atoms with Crippen molar-refractivity contribution in [2.24, 2.45) is 0 Å². The van der Waals surface area contributed by atoms with E-state index >= 15 is 0 Å². The van der Waals surface area contributed by atoms with Crippen molar-refractivity contribution in [3.63, 3.8) is 0 Å². The van der Waals surface area contributed by atoms with Crippen LogP contribution in [0.4, 0.5) is 5.95 Å². The monoisotopic (exact) mass is 416 g/mol. The van der Waals surface area contributed by atoms with Crippen LogP contribution < -0.4 is 11.2 Å². The van der Waals surface area contributed by atoms with Gasteiger partial charge in [0.25, 0.3) is 5.91 Å². The fraction of sp³-hybridized carbons (Fsp3) is 0.348. The van der Waals surface area contributed by atoms with Crippen LogP contribution >= 0.6 is 0 Å². The smallest absolute Gasteiger partial charge is 0.399 e. The van der Waals surface area contributed by atoms with Crippen LogP contribution in [0, 0.1) is 0 Å². The van der Waals surface area contributed by atoms with Crippen molar-refractivity contribution in [3.05, 3.63) is 59.3 Å². The number of hydrogen-bond acceptors (Lipinski definition) is 6. The fourth-order valence-corrected chi connectivity index (χ4v) is 4.08. The van der Waals surface area contributed by atoms with E-state index < -0.39 is 18.3 Å². The Labute approximate surface area is 181 Å². The number of amides is 1. The topological polar surface area (TPSA) is 90.6 Å². The molecule has 3 heterocycles. The standard InChI is InChI=1S/C23H25BN4O3/c1-22(2)23(3,4)31-24(30-22)16-9-10-18-17(11-16)19(27-21(25)26-18)20(29)28-12-14-7-5-6-8-15(14)13-28/h5-11H,12-13H2,1-4H3,(H2,25,26,27). The Morgan fingerprint density at radius 1 is 1.00 bits per heavy atom. The Hall–Kier alpha value is -2.97. The van der Waals surface area contributed by atoms with Crippen molar-refractivity contribution >= 4 is 35.3 Å². The van der Waals surface area contributed by atoms with E-state index in [1.54, 1.807) is 4.90 Å². The van der Waals surface area contributed by atoms with E-state index in [1.807, 2.05) is 70.2 Å². The van der Waals surface area contributed by atoms with E-state index in [0.717, 1.165) is 16.6 Å². The maximum atomic E-state index is 13.4. The van der Waals surface area contributed by atoms with Crippen LogP contribution in [0.2, 0.25) is 0 Å². The maximum absolute atomic E-state index is 13.4. The van der Waals surface area contributed by atoms with E-state index in [9.17, 15) is 4.79 Å². The number of nitrogen functional groups attached to an aromatic ring is 1. The SMILES string of the molecule is CC1(C)OB(c2ccc3nc(N)nc(C(=O)N4Cc5ccccc5C4)c3c2)OC1(C)C. The van der Waals surface area contributed by atoms with Gasteiger partial charge in [-0.1, -0.05) is 36.4 Å². The van der Waals surface area contributed by atoms with Crippen molar-refractivity contribution in [2.45, 2.75) is 52.0 Å². The molecule has 0 bridgehead atoms. The average Bonchev–Trinajstić information content (AvgIpc) is 3.24. The zero-order valence-electron chi connectivity index (χ0n) is 18.2. The lowest BCUT2D eigenvalue weighted by molar-refractivity contribution is 0.00578. The molecule has 0 spiro atoms. The molecule has 2 N–H and O–H groups in total. The number of carbonyl (C=O) groups is 1. The minimum Gasteiger partial charge on any atom is -0.399 e. The molecule has 1 aromatic heterocycles. The molecular weight excluding hydrogens is 391 g/mol. The van der Waals surface area contributed by atoms with Crippen LogP contribution in [-0.2, 0) is 22.4 Å². The third-order valence-corrected chi connectivity index (χ3v) is 6.59. The van der Waals surface area contributed by atoms with Gasteiger partial charge in [0.1, 0.15) is 5.69 Å². The molecular formula is C23H25BN4O3. The van der Waals surface area contributed by atoms with E-state index in [-0.39, 0.29) is 11.9 Å². The number of rotatable bonds is 2. The molecule has 1 saturated heterocycles. The number of benzene rings is 2. The Bertz CT molecular complexity index is 1170. The van der Waals surface area contributed by atoms with Crippen molar-refractivity contribution in [1.82, 2.24) is 14.9 Å².